The van der Waals surface area contributed by atoms with E-state index in [9.17, 15) is 4.79 Å². The van der Waals surface area contributed by atoms with E-state index in [1.807, 2.05) is 66.9 Å². The van der Waals surface area contributed by atoms with Crippen LogP contribution in [0.2, 0.25) is 5.02 Å². The molecule has 8 heteroatoms. The van der Waals surface area contributed by atoms with Gasteiger partial charge in [-0.15, -0.1) is 0 Å². The number of ether oxygens (including phenoxy) is 2. The number of amidine groups is 2. The number of fused-ring (bicyclic) bond motifs is 1. The van der Waals surface area contributed by atoms with Crippen LogP contribution in [-0.4, -0.2) is 28.9 Å². The van der Waals surface area contributed by atoms with Gasteiger partial charge in [0.05, 0.1) is 23.4 Å². The van der Waals surface area contributed by atoms with Crippen molar-refractivity contribution in [3.8, 4) is 11.5 Å². The van der Waals surface area contributed by atoms with Gasteiger partial charge in [-0.05, 0) is 41.8 Å². The first-order chi connectivity index (χ1) is 17.4. The lowest BCUT2D eigenvalue weighted by Gasteiger charge is -2.27. The fraction of sp³-hybridized carbons (Fsp3) is 0.107. The predicted octanol–water partition coefficient (Wildman–Crippen LogP) is 6.54. The van der Waals surface area contributed by atoms with Crippen LogP contribution in [0.5, 0.6) is 11.5 Å². The minimum absolute atomic E-state index is 0.0555. The molecule has 1 N–H and O–H groups in total. The third kappa shape index (κ3) is 4.67. The smallest absolute Gasteiger partial charge is 0.283 e. The Hall–Kier alpha value is -3.81. The summed E-state index contributed by atoms with van der Waals surface area (Å²) < 4.78 is 11.5. The zero-order valence-electron chi connectivity index (χ0n) is 19.6. The second-order valence-electron chi connectivity index (χ2n) is 8.24. The Morgan fingerprint density at radius 3 is 2.58 bits per heavy atom. The lowest BCUT2D eigenvalue weighted by atomic mass is 10.1. The van der Waals surface area contributed by atoms with Crippen LogP contribution < -0.4 is 9.47 Å². The number of halogens is 1. The lowest BCUT2D eigenvalue weighted by molar-refractivity contribution is -0.114. The Balaban J connectivity index is 1.43. The van der Waals surface area contributed by atoms with Crippen molar-refractivity contribution in [2.45, 2.75) is 13.5 Å². The van der Waals surface area contributed by atoms with Crippen molar-refractivity contribution in [1.82, 2.24) is 4.90 Å². The molecule has 6 nitrogen and oxygen atoms in total. The lowest BCUT2D eigenvalue weighted by Crippen LogP contribution is -2.38. The van der Waals surface area contributed by atoms with Crippen molar-refractivity contribution in [3.63, 3.8) is 0 Å². The monoisotopic (exact) mass is 515 g/mol. The van der Waals surface area contributed by atoms with E-state index in [2.05, 4.69) is 4.99 Å². The molecule has 0 saturated carbocycles. The number of carbonyl (C=O) groups is 1. The molecule has 36 heavy (non-hydrogen) atoms. The van der Waals surface area contributed by atoms with Crippen LogP contribution in [0.4, 0.5) is 0 Å². The molecule has 3 aromatic carbocycles. The van der Waals surface area contributed by atoms with E-state index >= 15 is 0 Å². The number of nitrogens with one attached hydrogen (secondary N) is 1. The van der Waals surface area contributed by atoms with Crippen molar-refractivity contribution < 1.29 is 14.3 Å². The number of thioether (sulfide) groups is 1. The van der Waals surface area contributed by atoms with E-state index in [0.717, 1.165) is 16.8 Å². The first-order valence-corrected chi connectivity index (χ1v) is 12.4. The molecule has 5 rings (SSSR count). The number of rotatable bonds is 6. The topological polar surface area (TPSA) is 75.0 Å². The van der Waals surface area contributed by atoms with Crippen molar-refractivity contribution >= 4 is 52.0 Å². The van der Waals surface area contributed by atoms with E-state index in [4.69, 9.17) is 26.5 Å². The number of benzene rings is 3. The zero-order chi connectivity index (χ0) is 25.2. The van der Waals surface area contributed by atoms with Crippen LogP contribution in [0.15, 0.2) is 82.7 Å². The molecule has 0 aromatic heterocycles. The summed E-state index contributed by atoms with van der Waals surface area (Å²) in [4.78, 5) is 18.7. The fourth-order valence-corrected chi connectivity index (χ4v) is 5.05. The highest BCUT2D eigenvalue weighted by Crippen LogP contribution is 2.40. The third-order valence-corrected chi connectivity index (χ3v) is 6.86. The van der Waals surface area contributed by atoms with Gasteiger partial charge in [0.1, 0.15) is 12.4 Å². The molecule has 0 spiro atoms. The highest BCUT2D eigenvalue weighted by atomic mass is 35.5. The second-order valence-corrected chi connectivity index (χ2v) is 9.48. The summed E-state index contributed by atoms with van der Waals surface area (Å²) in [7, 11) is 1.53. The maximum Gasteiger partial charge on any atom is 0.283 e. The molecule has 0 saturated heterocycles. The van der Waals surface area contributed by atoms with Crippen molar-refractivity contribution in [2.24, 2.45) is 4.99 Å². The van der Waals surface area contributed by atoms with E-state index < -0.39 is 5.91 Å². The standard InChI is InChI=1S/C28H22ClN3O3S/c1-17-8-10-18(11-9-17)15-35-25-22(29)13-19(14-24(25)34-2)12-21-26(30)32-23(20-6-4-3-5-7-20)16-36-28(32)31-27(21)33/h3-14,16,30H,15H2,1-2H3. The van der Waals surface area contributed by atoms with Gasteiger partial charge < -0.3 is 9.47 Å². The molecular weight excluding hydrogens is 494 g/mol. The van der Waals surface area contributed by atoms with E-state index in [1.165, 1.54) is 24.4 Å². The van der Waals surface area contributed by atoms with Crippen LogP contribution in [0.3, 0.4) is 0 Å². The molecule has 0 atom stereocenters. The summed E-state index contributed by atoms with van der Waals surface area (Å²) in [6.07, 6.45) is 1.61. The Morgan fingerprint density at radius 1 is 1.11 bits per heavy atom. The van der Waals surface area contributed by atoms with E-state index in [-0.39, 0.29) is 11.4 Å². The average Bonchev–Trinajstić information content (AvgIpc) is 3.31. The first kappa shape index (κ1) is 23.9. The number of amides is 1. The molecule has 0 aliphatic carbocycles. The van der Waals surface area contributed by atoms with Crippen LogP contribution in [-0.2, 0) is 11.4 Å². The highest BCUT2D eigenvalue weighted by Gasteiger charge is 2.36. The molecule has 1 amide bonds. The molecule has 0 fully saturated rings. The largest absolute Gasteiger partial charge is 0.493 e. The first-order valence-electron chi connectivity index (χ1n) is 11.2. The Labute approximate surface area is 218 Å². The number of aliphatic imine (C=N–C) groups is 1. The molecule has 0 unspecified atom stereocenters. The molecule has 0 radical (unpaired) electrons. The fourth-order valence-electron chi connectivity index (χ4n) is 3.88. The second kappa shape index (κ2) is 10.0. The van der Waals surface area contributed by atoms with Crippen LogP contribution >= 0.6 is 23.4 Å². The third-order valence-electron chi connectivity index (χ3n) is 5.75. The quantitative estimate of drug-likeness (QED) is 0.377. The summed E-state index contributed by atoms with van der Waals surface area (Å²) in [5.74, 6) is 0.427. The van der Waals surface area contributed by atoms with Gasteiger partial charge >= 0.3 is 0 Å². The summed E-state index contributed by atoms with van der Waals surface area (Å²) >= 11 is 7.89. The van der Waals surface area contributed by atoms with Gasteiger partial charge in [-0.3, -0.25) is 15.1 Å². The minimum Gasteiger partial charge on any atom is -0.493 e. The summed E-state index contributed by atoms with van der Waals surface area (Å²) in [5, 5.41) is 11.5. The summed E-state index contributed by atoms with van der Waals surface area (Å²) in [5.41, 5.74) is 4.68. The summed E-state index contributed by atoms with van der Waals surface area (Å²) in [6.45, 7) is 2.36. The molecule has 180 valence electrons. The number of hydrogen-bond donors (Lipinski definition) is 1. The average molecular weight is 516 g/mol. The highest BCUT2D eigenvalue weighted by molar-refractivity contribution is 8.17. The number of hydrogen-bond acceptors (Lipinski definition) is 5. The number of methoxy groups -OCH3 is 1. The van der Waals surface area contributed by atoms with Crippen molar-refractivity contribution in [1.29, 1.82) is 5.41 Å². The van der Waals surface area contributed by atoms with E-state index in [1.54, 1.807) is 23.1 Å². The SMILES string of the molecule is COc1cc(C=C2C(=N)N3C(c4ccccc4)=CSC3=NC2=O)cc(Cl)c1OCc1ccc(C)cc1. The van der Waals surface area contributed by atoms with Gasteiger partial charge in [0, 0.05) is 5.41 Å². The Bertz CT molecular complexity index is 1450. The predicted molar refractivity (Wildman–Crippen MR) is 146 cm³/mol. The minimum atomic E-state index is -0.476. The molecule has 2 heterocycles. The maximum atomic E-state index is 12.8. The number of aryl methyl sites for hydroxylation is 1. The van der Waals surface area contributed by atoms with Gasteiger partial charge in [-0.2, -0.15) is 4.99 Å². The molecule has 0 bridgehead atoms. The zero-order valence-corrected chi connectivity index (χ0v) is 21.2. The molecular formula is C28H22ClN3O3S. The van der Waals surface area contributed by atoms with E-state index in [0.29, 0.717) is 33.9 Å². The van der Waals surface area contributed by atoms with Crippen molar-refractivity contribution in [2.75, 3.05) is 7.11 Å². The van der Waals surface area contributed by atoms with Gasteiger partial charge in [0.15, 0.2) is 16.7 Å². The Morgan fingerprint density at radius 2 is 1.86 bits per heavy atom. The summed E-state index contributed by atoms with van der Waals surface area (Å²) in [6, 6.07) is 21.2. The van der Waals surface area contributed by atoms with Gasteiger partial charge in [0.25, 0.3) is 5.91 Å². The normalized spacial score (nSPS) is 16.1. The van der Waals surface area contributed by atoms with Gasteiger partial charge in [0.2, 0.25) is 0 Å². The van der Waals surface area contributed by atoms with Gasteiger partial charge in [-0.25, -0.2) is 0 Å². The molecule has 2 aliphatic heterocycles. The number of carbonyl (C=O) groups excluding carboxylic acids is 1. The molecule has 2 aliphatic rings. The maximum absolute atomic E-state index is 12.8. The van der Waals surface area contributed by atoms with Crippen molar-refractivity contribution in [3.05, 3.63) is 105 Å². The Kier molecular flexibility index (Phi) is 6.67. The number of nitrogens with zero attached hydrogens (tertiary/aromatic N) is 2. The van der Waals surface area contributed by atoms with Gasteiger partial charge in [-0.1, -0.05) is 83.5 Å². The molecule has 3 aromatic rings. The van der Waals surface area contributed by atoms with Crippen LogP contribution in [0.1, 0.15) is 22.3 Å². The van der Waals surface area contributed by atoms with Crippen LogP contribution in [0.25, 0.3) is 11.8 Å². The van der Waals surface area contributed by atoms with Crippen LogP contribution in [0, 0.1) is 12.3 Å².